The fourth-order valence-electron chi connectivity index (χ4n) is 2.45. The number of carbonyl (C=O) groups is 1. The minimum absolute atomic E-state index is 0.0313. The van der Waals surface area contributed by atoms with Gasteiger partial charge in [-0.25, -0.2) is 4.79 Å². The Morgan fingerprint density at radius 3 is 2.11 bits per heavy atom. The molecule has 0 amide bonds. The molecule has 2 aromatic rings. The molecular formula is C19H22BNO7. The number of nitro benzene ring substituents is 1. The Morgan fingerprint density at radius 2 is 1.54 bits per heavy atom. The number of ether oxygens (including phenoxy) is 2. The van der Waals surface area contributed by atoms with Crippen molar-refractivity contribution in [1.82, 2.24) is 0 Å². The lowest BCUT2D eigenvalue weighted by molar-refractivity contribution is -0.384. The second-order valence-electron chi connectivity index (χ2n) is 6.15. The van der Waals surface area contributed by atoms with Crippen molar-refractivity contribution in [3.63, 3.8) is 0 Å². The standard InChI is InChI=1S/C19H22BNO7/c22-19(15-5-7-16(8-6-15)20(23)24)28-14-4-2-1-3-13-27-18-11-9-17(10-12-18)21(25)26/h5-12,23-24H,1-4,13-14H2. The van der Waals surface area contributed by atoms with Gasteiger partial charge in [0.2, 0.25) is 0 Å². The van der Waals surface area contributed by atoms with E-state index in [4.69, 9.17) is 19.5 Å². The second-order valence-corrected chi connectivity index (χ2v) is 6.15. The van der Waals surface area contributed by atoms with E-state index in [1.165, 1.54) is 36.4 Å². The van der Waals surface area contributed by atoms with Gasteiger partial charge >= 0.3 is 13.1 Å². The molecule has 0 aliphatic heterocycles. The highest BCUT2D eigenvalue weighted by Crippen LogP contribution is 2.17. The van der Waals surface area contributed by atoms with Gasteiger partial charge in [0.05, 0.1) is 23.7 Å². The highest BCUT2D eigenvalue weighted by Gasteiger charge is 2.12. The van der Waals surface area contributed by atoms with Crippen LogP contribution in [0.15, 0.2) is 48.5 Å². The van der Waals surface area contributed by atoms with E-state index in [0.29, 0.717) is 30.0 Å². The van der Waals surface area contributed by atoms with Crippen LogP contribution in [-0.4, -0.2) is 41.3 Å². The molecule has 0 heterocycles. The predicted octanol–water partition coefficient (Wildman–Crippen LogP) is 2.07. The number of nitro groups is 1. The van der Waals surface area contributed by atoms with E-state index >= 15 is 0 Å². The van der Waals surface area contributed by atoms with Gasteiger partial charge in [-0.15, -0.1) is 0 Å². The van der Waals surface area contributed by atoms with E-state index in [-0.39, 0.29) is 5.69 Å². The molecule has 8 nitrogen and oxygen atoms in total. The van der Waals surface area contributed by atoms with Crippen LogP contribution in [0.25, 0.3) is 0 Å². The van der Waals surface area contributed by atoms with Crippen molar-refractivity contribution >= 4 is 24.2 Å². The van der Waals surface area contributed by atoms with Crippen molar-refractivity contribution in [2.45, 2.75) is 25.7 Å². The first-order valence-electron chi connectivity index (χ1n) is 8.98. The minimum atomic E-state index is -1.56. The van der Waals surface area contributed by atoms with Crippen LogP contribution < -0.4 is 10.2 Å². The number of unbranched alkanes of at least 4 members (excludes halogenated alkanes) is 3. The number of non-ortho nitro benzene ring substituents is 1. The molecule has 0 atom stereocenters. The largest absolute Gasteiger partial charge is 0.494 e. The Morgan fingerprint density at radius 1 is 0.929 bits per heavy atom. The third-order valence-corrected chi connectivity index (χ3v) is 4.03. The number of hydrogen-bond donors (Lipinski definition) is 2. The van der Waals surface area contributed by atoms with Crippen molar-refractivity contribution in [2.24, 2.45) is 0 Å². The van der Waals surface area contributed by atoms with Crippen molar-refractivity contribution in [1.29, 1.82) is 0 Å². The molecule has 0 aromatic heterocycles. The third-order valence-electron chi connectivity index (χ3n) is 4.03. The average Bonchev–Trinajstić information content (AvgIpc) is 2.70. The zero-order valence-corrected chi connectivity index (χ0v) is 15.3. The SMILES string of the molecule is O=C(OCCCCCCOc1ccc([N+](=O)[O-])cc1)c1ccc(B(O)O)cc1. The first-order chi connectivity index (χ1) is 13.5. The van der Waals surface area contributed by atoms with E-state index in [9.17, 15) is 14.9 Å². The average molecular weight is 387 g/mol. The van der Waals surface area contributed by atoms with E-state index in [1.54, 1.807) is 12.1 Å². The van der Waals surface area contributed by atoms with E-state index in [0.717, 1.165) is 25.7 Å². The lowest BCUT2D eigenvalue weighted by atomic mass is 9.80. The van der Waals surface area contributed by atoms with Crippen LogP contribution >= 0.6 is 0 Å². The van der Waals surface area contributed by atoms with Crippen molar-refractivity contribution in [3.8, 4) is 5.75 Å². The highest BCUT2D eigenvalue weighted by molar-refractivity contribution is 6.58. The fraction of sp³-hybridized carbons (Fsp3) is 0.316. The maximum absolute atomic E-state index is 11.9. The summed E-state index contributed by atoms with van der Waals surface area (Å²) in [6.45, 7) is 0.826. The molecule has 148 valence electrons. The van der Waals surface area contributed by atoms with Crippen molar-refractivity contribution < 1.29 is 29.2 Å². The summed E-state index contributed by atoms with van der Waals surface area (Å²) < 4.78 is 10.7. The molecule has 0 bridgehead atoms. The van der Waals surface area contributed by atoms with Gasteiger partial charge in [-0.05, 0) is 55.4 Å². The fourth-order valence-corrected chi connectivity index (χ4v) is 2.45. The Hall–Kier alpha value is -2.91. The molecule has 0 unspecified atom stereocenters. The molecule has 0 saturated heterocycles. The Bertz CT molecular complexity index is 763. The van der Waals surface area contributed by atoms with Gasteiger partial charge in [0, 0.05) is 12.1 Å². The zero-order chi connectivity index (χ0) is 20.4. The molecule has 0 fully saturated rings. The summed E-state index contributed by atoms with van der Waals surface area (Å²) in [5.41, 5.74) is 0.706. The number of carbonyl (C=O) groups excluding carboxylic acids is 1. The van der Waals surface area contributed by atoms with Gasteiger partial charge in [-0.2, -0.15) is 0 Å². The van der Waals surface area contributed by atoms with Gasteiger partial charge in [0.1, 0.15) is 5.75 Å². The van der Waals surface area contributed by atoms with Crippen LogP contribution in [0.4, 0.5) is 5.69 Å². The van der Waals surface area contributed by atoms with Gasteiger partial charge in [0.15, 0.2) is 0 Å². The summed E-state index contributed by atoms with van der Waals surface area (Å²) in [4.78, 5) is 22.0. The highest BCUT2D eigenvalue weighted by atomic mass is 16.6. The first-order valence-corrected chi connectivity index (χ1v) is 8.98. The molecular weight excluding hydrogens is 365 g/mol. The summed E-state index contributed by atoms with van der Waals surface area (Å²) in [5, 5.41) is 28.6. The number of esters is 1. The molecule has 0 radical (unpaired) electrons. The number of hydrogen-bond acceptors (Lipinski definition) is 7. The summed E-state index contributed by atoms with van der Waals surface area (Å²) in [6, 6.07) is 11.9. The van der Waals surface area contributed by atoms with Crippen molar-refractivity contribution in [3.05, 3.63) is 64.2 Å². The van der Waals surface area contributed by atoms with Gasteiger partial charge in [0.25, 0.3) is 5.69 Å². The number of rotatable bonds is 11. The predicted molar refractivity (Wildman–Crippen MR) is 104 cm³/mol. The van der Waals surface area contributed by atoms with Crippen LogP contribution in [-0.2, 0) is 4.74 Å². The molecule has 0 aliphatic carbocycles. The lowest BCUT2D eigenvalue weighted by Crippen LogP contribution is -2.29. The second kappa shape index (κ2) is 11.1. The molecule has 2 aromatic carbocycles. The van der Waals surface area contributed by atoms with Gasteiger partial charge in [-0.1, -0.05) is 12.1 Å². The van der Waals surface area contributed by atoms with Crippen LogP contribution in [0.5, 0.6) is 5.75 Å². The van der Waals surface area contributed by atoms with E-state index in [1.807, 2.05) is 0 Å². The maximum Gasteiger partial charge on any atom is 0.488 e. The molecule has 2 N–H and O–H groups in total. The third kappa shape index (κ3) is 7.01. The van der Waals surface area contributed by atoms with Crippen molar-refractivity contribution in [2.75, 3.05) is 13.2 Å². The van der Waals surface area contributed by atoms with Crippen LogP contribution in [0.3, 0.4) is 0 Å². The van der Waals surface area contributed by atoms with Crippen LogP contribution in [0.2, 0.25) is 0 Å². The maximum atomic E-state index is 11.9. The summed E-state index contributed by atoms with van der Waals surface area (Å²) in [7, 11) is -1.56. The topological polar surface area (TPSA) is 119 Å². The molecule has 9 heteroatoms. The summed E-state index contributed by atoms with van der Waals surface area (Å²) in [5.74, 6) is 0.153. The quantitative estimate of drug-likeness (QED) is 0.199. The molecule has 0 aliphatic rings. The zero-order valence-electron chi connectivity index (χ0n) is 15.3. The Kier molecular flexibility index (Phi) is 8.45. The molecule has 2 rings (SSSR count). The summed E-state index contributed by atoms with van der Waals surface area (Å²) in [6.07, 6.45) is 3.35. The first kappa shape index (κ1) is 21.4. The molecule has 0 spiro atoms. The number of benzene rings is 2. The Labute approximate surface area is 163 Å². The monoisotopic (exact) mass is 387 g/mol. The lowest BCUT2D eigenvalue weighted by Gasteiger charge is -2.07. The molecule has 0 saturated carbocycles. The normalized spacial score (nSPS) is 10.4. The van der Waals surface area contributed by atoms with E-state index in [2.05, 4.69) is 0 Å². The van der Waals surface area contributed by atoms with Crippen LogP contribution in [0, 0.1) is 10.1 Å². The van der Waals surface area contributed by atoms with Crippen LogP contribution in [0.1, 0.15) is 36.0 Å². The Balaban J connectivity index is 1.54. The number of nitrogens with zero attached hydrogens (tertiary/aromatic N) is 1. The van der Waals surface area contributed by atoms with Gasteiger partial charge < -0.3 is 19.5 Å². The minimum Gasteiger partial charge on any atom is -0.494 e. The smallest absolute Gasteiger partial charge is 0.488 e. The van der Waals surface area contributed by atoms with E-state index < -0.39 is 18.0 Å². The summed E-state index contributed by atoms with van der Waals surface area (Å²) >= 11 is 0. The molecule has 28 heavy (non-hydrogen) atoms. The van der Waals surface area contributed by atoms with Gasteiger partial charge in [-0.3, -0.25) is 10.1 Å².